The van der Waals surface area contributed by atoms with Crippen LogP contribution in [-0.2, 0) is 4.74 Å². The molecule has 44 heavy (non-hydrogen) atoms. The van der Waals surface area contributed by atoms with Crippen LogP contribution in [0.15, 0.2) is 73.3 Å². The molecule has 2 aromatic carbocycles. The van der Waals surface area contributed by atoms with E-state index < -0.39 is 24.5 Å². The number of benzene rings is 2. The van der Waals surface area contributed by atoms with Crippen molar-refractivity contribution in [2.45, 2.75) is 68.2 Å². The number of hydrogen-bond donors (Lipinski definition) is 6. The average molecular weight is 597 g/mol. The van der Waals surface area contributed by atoms with Crippen molar-refractivity contribution in [3.8, 4) is 0 Å². The van der Waals surface area contributed by atoms with E-state index in [2.05, 4.69) is 55.1 Å². The van der Waals surface area contributed by atoms with Crippen LogP contribution in [0.25, 0.3) is 11.2 Å². The Morgan fingerprint density at radius 1 is 0.932 bits per heavy atom. The number of ether oxygens (including phenoxy) is 1. The maximum atomic E-state index is 11.0. The van der Waals surface area contributed by atoms with Crippen molar-refractivity contribution in [1.29, 1.82) is 0 Å². The molecule has 7 rings (SSSR count). The highest BCUT2D eigenvalue weighted by Crippen LogP contribution is 2.39. The number of aliphatic hydroxyl groups is 2. The number of H-pyrrole nitrogens is 1. The van der Waals surface area contributed by atoms with Crippen LogP contribution in [0.5, 0.6) is 0 Å². The number of aromatic amines is 1. The summed E-state index contributed by atoms with van der Waals surface area (Å²) in [5.74, 6) is 1.38. The summed E-state index contributed by atoms with van der Waals surface area (Å²) in [6.07, 6.45) is 2.25. The lowest BCUT2D eigenvalue weighted by Crippen LogP contribution is -2.33. The predicted octanol–water partition coefficient (Wildman–Crippen LogP) is 2.86. The fourth-order valence-electron chi connectivity index (χ4n) is 6.20. The Labute approximate surface area is 253 Å². The van der Waals surface area contributed by atoms with Crippen molar-refractivity contribution in [3.63, 3.8) is 0 Å². The van der Waals surface area contributed by atoms with Crippen LogP contribution in [-0.4, -0.2) is 75.7 Å². The van der Waals surface area contributed by atoms with Gasteiger partial charge in [0.05, 0.1) is 6.33 Å². The van der Waals surface area contributed by atoms with Crippen LogP contribution in [0.1, 0.15) is 60.9 Å². The van der Waals surface area contributed by atoms with Crippen LogP contribution in [0.4, 0.5) is 11.8 Å². The Hall–Kier alpha value is -4.43. The molecule has 7 N–H and O–H groups in total. The molecule has 3 aromatic heterocycles. The van der Waals surface area contributed by atoms with Gasteiger partial charge in [0.2, 0.25) is 5.95 Å². The van der Waals surface area contributed by atoms with Crippen molar-refractivity contribution < 1.29 is 14.9 Å². The minimum atomic E-state index is -1.26. The maximum Gasteiger partial charge on any atom is 0.227 e. The second-order valence-corrected chi connectivity index (χ2v) is 11.5. The van der Waals surface area contributed by atoms with Crippen molar-refractivity contribution in [2.24, 2.45) is 5.73 Å². The third kappa shape index (κ3) is 5.62. The Morgan fingerprint density at radius 2 is 1.64 bits per heavy atom. The predicted molar refractivity (Wildman–Crippen MR) is 164 cm³/mol. The molecule has 2 fully saturated rings. The molecule has 4 atom stereocenters. The molecule has 13 heteroatoms. The van der Waals surface area contributed by atoms with E-state index in [0.717, 1.165) is 25.7 Å². The van der Waals surface area contributed by atoms with E-state index in [-0.39, 0.29) is 18.0 Å². The highest BCUT2D eigenvalue weighted by molar-refractivity contribution is 5.84. The Bertz CT molecular complexity index is 1620. The topological polar surface area (TPSA) is 185 Å². The molecule has 0 radical (unpaired) electrons. The molecule has 0 amide bonds. The Morgan fingerprint density at radius 3 is 2.30 bits per heavy atom. The molecule has 1 saturated heterocycles. The third-order valence-electron chi connectivity index (χ3n) is 8.62. The van der Waals surface area contributed by atoms with Gasteiger partial charge in [0, 0.05) is 24.5 Å². The van der Waals surface area contributed by atoms with Crippen molar-refractivity contribution in [1.82, 2.24) is 34.7 Å². The lowest BCUT2D eigenvalue weighted by molar-refractivity contribution is -0.0382. The normalized spacial score (nSPS) is 25.5. The monoisotopic (exact) mass is 596 g/mol. The van der Waals surface area contributed by atoms with Gasteiger partial charge >= 0.3 is 0 Å². The molecule has 13 nitrogen and oxygen atoms in total. The minimum Gasteiger partial charge on any atom is -0.387 e. The van der Waals surface area contributed by atoms with E-state index in [1.54, 1.807) is 10.9 Å². The van der Waals surface area contributed by atoms with Gasteiger partial charge in [-0.2, -0.15) is 15.1 Å². The second kappa shape index (κ2) is 12.3. The van der Waals surface area contributed by atoms with Crippen LogP contribution >= 0.6 is 0 Å². The number of aliphatic hydroxyl groups excluding tert-OH is 2. The maximum absolute atomic E-state index is 11.0. The summed E-state index contributed by atoms with van der Waals surface area (Å²) in [5, 5.41) is 35.5. The highest BCUT2D eigenvalue weighted by Gasteiger charge is 2.46. The molecule has 4 heterocycles. The second-order valence-electron chi connectivity index (χ2n) is 11.5. The molecule has 1 aliphatic carbocycles. The van der Waals surface area contributed by atoms with E-state index in [0.29, 0.717) is 35.3 Å². The molecular formula is C31H36N10O3. The van der Waals surface area contributed by atoms with Crippen LogP contribution in [0, 0.1) is 0 Å². The zero-order chi connectivity index (χ0) is 30.0. The SMILES string of the molecule is NC1CCC(Nc2nc(NCC(c3ccccc3)c3ccccc3)c3ncn([C@@H]4OC(c5ncn[nH]5)[C@@H](O)[C@H]4O)c3n2)CC1. The zero-order valence-corrected chi connectivity index (χ0v) is 24.1. The molecule has 228 valence electrons. The summed E-state index contributed by atoms with van der Waals surface area (Å²) in [5.41, 5.74) is 9.48. The molecule has 5 aromatic rings. The molecule has 2 aliphatic rings. The Balaban J connectivity index is 1.23. The van der Waals surface area contributed by atoms with Gasteiger partial charge in [-0.1, -0.05) is 60.7 Å². The summed E-state index contributed by atoms with van der Waals surface area (Å²) in [6.45, 7) is 0.555. The first kappa shape index (κ1) is 28.3. The van der Waals surface area contributed by atoms with Gasteiger partial charge in [0.1, 0.15) is 24.6 Å². The fourth-order valence-corrected chi connectivity index (χ4v) is 6.20. The van der Waals surface area contributed by atoms with Gasteiger partial charge in [0.15, 0.2) is 29.0 Å². The molecule has 0 bridgehead atoms. The highest BCUT2D eigenvalue weighted by atomic mass is 16.6. The first-order valence-corrected chi connectivity index (χ1v) is 15.0. The summed E-state index contributed by atoms with van der Waals surface area (Å²) < 4.78 is 7.75. The molecule has 0 spiro atoms. The van der Waals surface area contributed by atoms with Crippen molar-refractivity contribution >= 4 is 22.9 Å². The minimum absolute atomic E-state index is 0.0542. The molecule has 1 aliphatic heterocycles. The van der Waals surface area contributed by atoms with Gasteiger partial charge in [-0.15, -0.1) is 0 Å². The largest absolute Gasteiger partial charge is 0.387 e. The number of fused-ring (bicyclic) bond motifs is 1. The van der Waals surface area contributed by atoms with Gasteiger partial charge in [-0.25, -0.2) is 9.97 Å². The van der Waals surface area contributed by atoms with Crippen molar-refractivity contribution in [2.75, 3.05) is 17.2 Å². The fraction of sp³-hybridized carbons (Fsp3) is 0.387. The zero-order valence-electron chi connectivity index (χ0n) is 24.1. The number of nitrogens with two attached hydrogens (primary N) is 1. The van der Waals surface area contributed by atoms with E-state index in [9.17, 15) is 10.2 Å². The number of nitrogens with one attached hydrogen (secondary N) is 3. The lowest BCUT2D eigenvalue weighted by atomic mass is 9.91. The van der Waals surface area contributed by atoms with E-state index in [4.69, 9.17) is 20.4 Å². The van der Waals surface area contributed by atoms with E-state index in [1.165, 1.54) is 17.5 Å². The summed E-state index contributed by atoms with van der Waals surface area (Å²) in [6, 6.07) is 21.1. The smallest absolute Gasteiger partial charge is 0.227 e. The van der Waals surface area contributed by atoms with Crippen LogP contribution in [0.2, 0.25) is 0 Å². The summed E-state index contributed by atoms with van der Waals surface area (Å²) in [4.78, 5) is 18.5. The molecule has 1 saturated carbocycles. The standard InChI is InChI=1S/C31H36N10O3/c32-20-11-13-21(14-12-20)37-31-38-27(33-15-22(18-7-3-1-4-8-18)19-9-5-2-6-10-19)23-29(39-31)41(17-35-23)30-25(43)24(42)26(44-30)28-34-16-36-40-28/h1-10,16-17,20-22,24-26,30,42-43H,11-15,32H2,(H,34,36,40)(H2,33,37,38,39)/t20?,21?,24-,25+,26?,30+/m0/s1. The van der Waals surface area contributed by atoms with E-state index >= 15 is 0 Å². The Kier molecular flexibility index (Phi) is 7.91. The first-order chi connectivity index (χ1) is 21.5. The number of hydrogen-bond acceptors (Lipinski definition) is 11. The molecular weight excluding hydrogens is 560 g/mol. The number of anilines is 2. The number of aromatic nitrogens is 7. The van der Waals surface area contributed by atoms with Crippen molar-refractivity contribution in [3.05, 3.63) is 90.3 Å². The lowest BCUT2D eigenvalue weighted by Gasteiger charge is -2.27. The first-order valence-electron chi connectivity index (χ1n) is 15.0. The number of imidazole rings is 1. The van der Waals surface area contributed by atoms with Gasteiger partial charge in [-0.3, -0.25) is 9.67 Å². The van der Waals surface area contributed by atoms with Gasteiger partial charge in [-0.05, 0) is 36.8 Å². The summed E-state index contributed by atoms with van der Waals surface area (Å²) >= 11 is 0. The quantitative estimate of drug-likeness (QED) is 0.147. The third-order valence-corrected chi connectivity index (χ3v) is 8.62. The van der Waals surface area contributed by atoms with E-state index in [1.807, 2.05) is 36.4 Å². The molecule has 1 unspecified atom stereocenters. The van der Waals surface area contributed by atoms with Crippen LogP contribution in [0.3, 0.4) is 0 Å². The summed E-state index contributed by atoms with van der Waals surface area (Å²) in [7, 11) is 0. The number of rotatable bonds is 9. The average Bonchev–Trinajstić information content (AvgIpc) is 3.80. The van der Waals surface area contributed by atoms with Gasteiger partial charge < -0.3 is 31.3 Å². The van der Waals surface area contributed by atoms with Gasteiger partial charge in [0.25, 0.3) is 0 Å². The number of nitrogens with zero attached hydrogens (tertiary/aromatic N) is 6. The van der Waals surface area contributed by atoms with Crippen LogP contribution < -0.4 is 16.4 Å².